The van der Waals surface area contributed by atoms with E-state index < -0.39 is 6.10 Å². The van der Waals surface area contributed by atoms with E-state index in [4.69, 9.17) is 0 Å². The molecule has 1 aromatic heterocycles. The zero-order valence-corrected chi connectivity index (χ0v) is 10.3. The molecule has 2 heterocycles. The van der Waals surface area contributed by atoms with Crippen LogP contribution in [-0.4, -0.2) is 40.1 Å². The van der Waals surface area contributed by atoms with Crippen molar-refractivity contribution < 1.29 is 9.90 Å². The molecule has 2 rings (SSSR count). The van der Waals surface area contributed by atoms with Gasteiger partial charge in [0.25, 0.3) is 5.91 Å². The van der Waals surface area contributed by atoms with E-state index in [1.165, 1.54) is 11.3 Å². The van der Waals surface area contributed by atoms with Gasteiger partial charge in [0, 0.05) is 18.5 Å². The molecule has 5 heteroatoms. The van der Waals surface area contributed by atoms with Gasteiger partial charge in [0.2, 0.25) is 0 Å². The molecule has 0 bridgehead atoms. The van der Waals surface area contributed by atoms with Crippen LogP contribution in [0.1, 0.15) is 28.8 Å². The Morgan fingerprint density at radius 1 is 1.69 bits per heavy atom. The van der Waals surface area contributed by atoms with Gasteiger partial charge in [-0.25, -0.2) is 4.98 Å². The number of hydrogen-bond donors (Lipinski definition) is 1. The predicted octanol–water partition coefficient (Wildman–Crippen LogP) is 1.29. The number of likely N-dealkylation sites (tertiary alicyclic amines) is 1. The molecular weight excluding hydrogens is 224 g/mol. The highest BCUT2D eigenvalue weighted by atomic mass is 32.1. The standard InChI is InChI=1S/C11H16N2O2S/c1-7-3-4-13(5-10(7)14)11(15)9-6-16-8(2)12-9/h6-7,10,14H,3-5H2,1-2H3. The first-order valence-electron chi connectivity index (χ1n) is 5.47. The van der Waals surface area contributed by atoms with Crippen LogP contribution in [-0.2, 0) is 0 Å². The Morgan fingerprint density at radius 3 is 3.00 bits per heavy atom. The highest BCUT2D eigenvalue weighted by molar-refractivity contribution is 7.09. The number of β-amino-alcohol motifs (C(OH)–C–C–N with tert-alkyl or cyclic N) is 1. The van der Waals surface area contributed by atoms with Crippen molar-refractivity contribution >= 4 is 17.2 Å². The fourth-order valence-corrected chi connectivity index (χ4v) is 2.44. The number of aliphatic hydroxyl groups excluding tert-OH is 1. The van der Waals surface area contributed by atoms with E-state index in [-0.39, 0.29) is 11.8 Å². The van der Waals surface area contributed by atoms with Crippen LogP contribution in [0.2, 0.25) is 0 Å². The lowest BCUT2D eigenvalue weighted by Crippen LogP contribution is -2.45. The summed E-state index contributed by atoms with van der Waals surface area (Å²) in [6.45, 7) is 5.04. The third-order valence-corrected chi connectivity index (χ3v) is 3.82. The van der Waals surface area contributed by atoms with E-state index in [1.807, 2.05) is 13.8 Å². The molecule has 1 fully saturated rings. The van der Waals surface area contributed by atoms with Crippen LogP contribution in [0, 0.1) is 12.8 Å². The Kier molecular flexibility index (Phi) is 3.25. The van der Waals surface area contributed by atoms with Crippen molar-refractivity contribution in [2.24, 2.45) is 5.92 Å². The normalized spacial score (nSPS) is 25.8. The first-order chi connectivity index (χ1) is 7.58. The average Bonchev–Trinajstić information content (AvgIpc) is 2.68. The summed E-state index contributed by atoms with van der Waals surface area (Å²) in [7, 11) is 0. The van der Waals surface area contributed by atoms with Crippen LogP contribution in [0.5, 0.6) is 0 Å². The molecule has 1 N–H and O–H groups in total. The Bertz CT molecular complexity index is 391. The highest BCUT2D eigenvalue weighted by Crippen LogP contribution is 2.19. The monoisotopic (exact) mass is 240 g/mol. The summed E-state index contributed by atoms with van der Waals surface area (Å²) in [5.74, 6) is 0.219. The topological polar surface area (TPSA) is 53.4 Å². The molecule has 2 atom stereocenters. The Hall–Kier alpha value is -0.940. The average molecular weight is 240 g/mol. The molecule has 0 aromatic carbocycles. The van der Waals surface area contributed by atoms with Gasteiger partial charge in [0.1, 0.15) is 5.69 Å². The molecule has 16 heavy (non-hydrogen) atoms. The van der Waals surface area contributed by atoms with Crippen LogP contribution in [0.25, 0.3) is 0 Å². The second-order valence-electron chi connectivity index (χ2n) is 4.34. The van der Waals surface area contributed by atoms with E-state index in [0.29, 0.717) is 18.8 Å². The second-order valence-corrected chi connectivity index (χ2v) is 5.40. The van der Waals surface area contributed by atoms with Crippen molar-refractivity contribution in [1.82, 2.24) is 9.88 Å². The van der Waals surface area contributed by atoms with Crippen molar-refractivity contribution in [1.29, 1.82) is 0 Å². The lowest BCUT2D eigenvalue weighted by Gasteiger charge is -2.33. The van der Waals surface area contributed by atoms with Gasteiger partial charge < -0.3 is 10.0 Å². The molecule has 1 saturated heterocycles. The molecule has 1 aromatic rings. The van der Waals surface area contributed by atoms with Crippen molar-refractivity contribution in [3.63, 3.8) is 0 Å². The quantitative estimate of drug-likeness (QED) is 0.805. The van der Waals surface area contributed by atoms with Gasteiger partial charge in [-0.05, 0) is 19.3 Å². The van der Waals surface area contributed by atoms with Crippen molar-refractivity contribution in [3.05, 3.63) is 16.1 Å². The first kappa shape index (κ1) is 11.5. The maximum atomic E-state index is 12.0. The first-order valence-corrected chi connectivity index (χ1v) is 6.35. The Labute approximate surface area is 98.9 Å². The highest BCUT2D eigenvalue weighted by Gasteiger charge is 2.28. The number of hydrogen-bond acceptors (Lipinski definition) is 4. The fourth-order valence-electron chi connectivity index (χ4n) is 1.86. The molecule has 4 nitrogen and oxygen atoms in total. The van der Waals surface area contributed by atoms with Gasteiger partial charge in [-0.2, -0.15) is 0 Å². The van der Waals surface area contributed by atoms with Gasteiger partial charge in [-0.3, -0.25) is 4.79 Å². The molecular formula is C11H16N2O2S. The number of carbonyl (C=O) groups is 1. The SMILES string of the molecule is Cc1nc(C(=O)N2CCC(C)C(O)C2)cs1. The lowest BCUT2D eigenvalue weighted by atomic mass is 9.96. The molecule has 1 aliphatic heterocycles. The summed E-state index contributed by atoms with van der Waals surface area (Å²) in [5.41, 5.74) is 0.504. The number of thiazole rings is 1. The summed E-state index contributed by atoms with van der Waals surface area (Å²) in [6.07, 6.45) is 0.452. The van der Waals surface area contributed by atoms with Crippen LogP contribution in [0.3, 0.4) is 0 Å². The zero-order chi connectivity index (χ0) is 11.7. The minimum Gasteiger partial charge on any atom is -0.391 e. The van der Waals surface area contributed by atoms with E-state index in [9.17, 15) is 9.90 Å². The van der Waals surface area contributed by atoms with Gasteiger partial charge >= 0.3 is 0 Å². The van der Waals surface area contributed by atoms with Gasteiger partial charge in [0.05, 0.1) is 11.1 Å². The summed E-state index contributed by atoms with van der Waals surface area (Å²) in [4.78, 5) is 17.9. The number of rotatable bonds is 1. The summed E-state index contributed by atoms with van der Waals surface area (Å²) < 4.78 is 0. The number of carbonyl (C=O) groups excluding carboxylic acids is 1. The van der Waals surface area contributed by atoms with Crippen LogP contribution in [0.4, 0.5) is 0 Å². The molecule has 0 saturated carbocycles. The maximum absolute atomic E-state index is 12.0. The smallest absolute Gasteiger partial charge is 0.273 e. The lowest BCUT2D eigenvalue weighted by molar-refractivity contribution is 0.0245. The number of aryl methyl sites for hydroxylation is 1. The number of piperidine rings is 1. The van der Waals surface area contributed by atoms with Crippen LogP contribution >= 0.6 is 11.3 Å². The molecule has 2 unspecified atom stereocenters. The molecule has 1 amide bonds. The number of aliphatic hydroxyl groups is 1. The van der Waals surface area contributed by atoms with Gasteiger partial charge in [-0.15, -0.1) is 11.3 Å². The van der Waals surface area contributed by atoms with Crippen LogP contribution < -0.4 is 0 Å². The van der Waals surface area contributed by atoms with Gasteiger partial charge in [-0.1, -0.05) is 6.92 Å². The number of aromatic nitrogens is 1. The largest absolute Gasteiger partial charge is 0.391 e. The molecule has 0 radical (unpaired) electrons. The third-order valence-electron chi connectivity index (χ3n) is 3.04. The Balaban J connectivity index is 2.06. The van der Waals surface area contributed by atoms with Gasteiger partial charge in [0.15, 0.2) is 0 Å². The van der Waals surface area contributed by atoms with Crippen molar-refractivity contribution in [2.45, 2.75) is 26.4 Å². The predicted molar refractivity (Wildman–Crippen MR) is 62.5 cm³/mol. The minimum absolute atomic E-state index is 0.0599. The maximum Gasteiger partial charge on any atom is 0.273 e. The third kappa shape index (κ3) is 2.25. The summed E-state index contributed by atoms with van der Waals surface area (Å²) in [6, 6.07) is 0. The van der Waals surface area contributed by atoms with E-state index in [1.54, 1.807) is 10.3 Å². The molecule has 1 aliphatic rings. The molecule has 0 aliphatic carbocycles. The fraction of sp³-hybridized carbons (Fsp3) is 0.636. The minimum atomic E-state index is -0.405. The number of amides is 1. The van der Waals surface area contributed by atoms with Crippen molar-refractivity contribution in [3.8, 4) is 0 Å². The van der Waals surface area contributed by atoms with Crippen molar-refractivity contribution in [2.75, 3.05) is 13.1 Å². The summed E-state index contributed by atoms with van der Waals surface area (Å²) >= 11 is 1.48. The summed E-state index contributed by atoms with van der Waals surface area (Å²) in [5, 5.41) is 12.4. The zero-order valence-electron chi connectivity index (χ0n) is 9.51. The molecule has 88 valence electrons. The van der Waals surface area contributed by atoms with E-state index >= 15 is 0 Å². The number of nitrogens with zero attached hydrogens (tertiary/aromatic N) is 2. The second kappa shape index (κ2) is 4.51. The Morgan fingerprint density at radius 2 is 2.44 bits per heavy atom. The van der Waals surface area contributed by atoms with Crippen LogP contribution in [0.15, 0.2) is 5.38 Å². The van der Waals surface area contributed by atoms with E-state index in [2.05, 4.69) is 4.98 Å². The molecule has 0 spiro atoms. The van der Waals surface area contributed by atoms with E-state index in [0.717, 1.165) is 11.4 Å².